The zero-order valence-corrected chi connectivity index (χ0v) is 15.8. The fraction of sp³-hybridized carbons (Fsp3) is 0.600. The van der Waals surface area contributed by atoms with E-state index in [4.69, 9.17) is 4.99 Å². The normalized spacial score (nSPS) is 17.7. The Morgan fingerprint density at radius 2 is 2.08 bits per heavy atom. The second-order valence-electron chi connectivity index (χ2n) is 7.06. The van der Waals surface area contributed by atoms with Crippen LogP contribution in [-0.2, 0) is 4.79 Å². The average Bonchev–Trinajstić information content (AvgIpc) is 3.07. The molecule has 0 aliphatic carbocycles. The number of halogens is 1. The smallest absolute Gasteiger partial charge is 0.228 e. The lowest BCUT2D eigenvalue weighted by Gasteiger charge is -2.34. The van der Waals surface area contributed by atoms with E-state index >= 15 is 0 Å². The molecule has 1 heterocycles. The molecule has 0 saturated carbocycles. The minimum atomic E-state index is -0.485. The lowest BCUT2D eigenvalue weighted by molar-refractivity contribution is -0.132. The summed E-state index contributed by atoms with van der Waals surface area (Å²) in [6.45, 7) is 5.58. The highest BCUT2D eigenvalue weighted by Crippen LogP contribution is 2.39. The first-order valence-corrected chi connectivity index (χ1v) is 9.18. The van der Waals surface area contributed by atoms with Gasteiger partial charge in [-0.2, -0.15) is 0 Å². The first-order chi connectivity index (χ1) is 11.9. The molecule has 0 spiro atoms. The van der Waals surface area contributed by atoms with Gasteiger partial charge in [-0.3, -0.25) is 9.79 Å². The van der Waals surface area contributed by atoms with Gasteiger partial charge in [-0.15, -0.1) is 0 Å². The summed E-state index contributed by atoms with van der Waals surface area (Å²) >= 11 is 0. The van der Waals surface area contributed by atoms with Crippen LogP contribution >= 0.6 is 0 Å². The molecule has 1 aromatic rings. The van der Waals surface area contributed by atoms with E-state index in [9.17, 15) is 9.18 Å². The van der Waals surface area contributed by atoms with E-state index in [0.717, 1.165) is 43.5 Å². The van der Waals surface area contributed by atoms with Gasteiger partial charge in [0.1, 0.15) is 5.82 Å². The van der Waals surface area contributed by atoms with Gasteiger partial charge in [-0.1, -0.05) is 26.0 Å². The third-order valence-electron chi connectivity index (χ3n) is 5.32. The maximum atomic E-state index is 13.5. The Morgan fingerprint density at radius 1 is 1.36 bits per heavy atom. The molecule has 1 aromatic carbocycles. The molecule has 4 nitrogen and oxygen atoms in total. The zero-order chi connectivity index (χ0) is 18.4. The topological polar surface area (TPSA) is 44.7 Å². The minimum absolute atomic E-state index is 0.0416. The molecule has 1 atom stereocenters. The Bertz CT molecular complexity index is 623. The van der Waals surface area contributed by atoms with Gasteiger partial charge in [0.15, 0.2) is 0 Å². The summed E-state index contributed by atoms with van der Waals surface area (Å²) in [5.74, 6) is -0.157. The summed E-state index contributed by atoms with van der Waals surface area (Å²) in [5, 5.41) is 3.09. The second-order valence-corrected chi connectivity index (χ2v) is 7.06. The number of rotatable bonds is 8. The first-order valence-electron chi connectivity index (χ1n) is 9.18. The van der Waals surface area contributed by atoms with Crippen LogP contribution in [0.25, 0.3) is 0 Å². The molecule has 1 N–H and O–H groups in total. The van der Waals surface area contributed by atoms with Gasteiger partial charge in [0.05, 0.1) is 11.5 Å². The van der Waals surface area contributed by atoms with Gasteiger partial charge >= 0.3 is 0 Å². The standard InChI is InChI=1S/C20H30FN3O/c1-5-20(6-2,19(25)22-12-13-24(3)4)18-11-10-17(23-18)15-8-7-9-16(21)14-15/h7-9,14,18H,5-6,10-13H2,1-4H3,(H,22,25)/t18-/m1/s1. The molecular formula is C20H30FN3O. The monoisotopic (exact) mass is 347 g/mol. The van der Waals surface area contributed by atoms with Crippen LogP contribution in [-0.4, -0.2) is 49.7 Å². The zero-order valence-electron chi connectivity index (χ0n) is 15.8. The lowest BCUT2D eigenvalue weighted by Crippen LogP contribution is -2.48. The predicted octanol–water partition coefficient (Wildman–Crippen LogP) is 3.26. The minimum Gasteiger partial charge on any atom is -0.354 e. The summed E-state index contributed by atoms with van der Waals surface area (Å²) in [5.41, 5.74) is 1.26. The van der Waals surface area contributed by atoms with Crippen LogP contribution in [0.1, 0.15) is 45.1 Å². The van der Waals surface area contributed by atoms with Crippen molar-refractivity contribution in [1.29, 1.82) is 0 Å². The van der Waals surface area contributed by atoms with E-state index in [1.807, 2.05) is 20.2 Å². The van der Waals surface area contributed by atoms with Crippen LogP contribution in [0.4, 0.5) is 4.39 Å². The van der Waals surface area contributed by atoms with E-state index in [0.29, 0.717) is 6.54 Å². The van der Waals surface area contributed by atoms with Crippen molar-refractivity contribution in [3.8, 4) is 0 Å². The van der Waals surface area contributed by atoms with E-state index in [2.05, 4.69) is 24.1 Å². The average molecular weight is 347 g/mol. The highest BCUT2D eigenvalue weighted by molar-refractivity contribution is 6.02. The molecule has 0 saturated heterocycles. The third-order valence-corrected chi connectivity index (χ3v) is 5.32. The molecule has 0 radical (unpaired) electrons. The number of carbonyl (C=O) groups excluding carboxylic acids is 1. The van der Waals surface area contributed by atoms with E-state index < -0.39 is 5.41 Å². The van der Waals surface area contributed by atoms with Crippen LogP contribution in [0.5, 0.6) is 0 Å². The van der Waals surface area contributed by atoms with Crippen LogP contribution in [0.15, 0.2) is 29.3 Å². The highest BCUT2D eigenvalue weighted by Gasteiger charge is 2.44. The largest absolute Gasteiger partial charge is 0.354 e. The molecule has 1 amide bonds. The van der Waals surface area contributed by atoms with Crippen molar-refractivity contribution in [2.24, 2.45) is 10.4 Å². The van der Waals surface area contributed by atoms with Crippen LogP contribution in [0.2, 0.25) is 0 Å². The van der Waals surface area contributed by atoms with Gasteiger partial charge in [-0.05, 0) is 57.5 Å². The number of benzene rings is 1. The van der Waals surface area contributed by atoms with Crippen molar-refractivity contribution in [2.45, 2.75) is 45.6 Å². The molecule has 1 aliphatic rings. The van der Waals surface area contributed by atoms with Gasteiger partial charge < -0.3 is 10.2 Å². The number of nitrogens with zero attached hydrogens (tertiary/aromatic N) is 2. The SMILES string of the molecule is CCC(CC)(C(=O)NCCN(C)C)[C@H]1CCC(c2cccc(F)c2)=N1. The van der Waals surface area contributed by atoms with E-state index in [1.165, 1.54) is 12.1 Å². The fourth-order valence-corrected chi connectivity index (χ4v) is 3.64. The summed E-state index contributed by atoms with van der Waals surface area (Å²) < 4.78 is 13.5. The predicted molar refractivity (Wildman–Crippen MR) is 101 cm³/mol. The van der Waals surface area contributed by atoms with Gasteiger partial charge in [0.2, 0.25) is 5.91 Å². The molecule has 25 heavy (non-hydrogen) atoms. The van der Waals surface area contributed by atoms with Gasteiger partial charge in [0, 0.05) is 18.8 Å². The Hall–Kier alpha value is -1.75. The second kappa shape index (κ2) is 8.56. The summed E-state index contributed by atoms with van der Waals surface area (Å²) in [4.78, 5) is 19.8. The third kappa shape index (κ3) is 4.46. The van der Waals surface area contributed by atoms with Crippen molar-refractivity contribution in [3.63, 3.8) is 0 Å². The molecule has 1 aliphatic heterocycles. The Labute approximate surface area is 150 Å². The van der Waals surface area contributed by atoms with Crippen molar-refractivity contribution in [3.05, 3.63) is 35.6 Å². The molecule has 5 heteroatoms. The summed E-state index contributed by atoms with van der Waals surface area (Å²) in [6.07, 6.45) is 3.14. The van der Waals surface area contributed by atoms with Crippen LogP contribution < -0.4 is 5.32 Å². The Kier molecular flexibility index (Phi) is 6.71. The molecule has 0 fully saturated rings. The Morgan fingerprint density at radius 3 is 2.68 bits per heavy atom. The summed E-state index contributed by atoms with van der Waals surface area (Å²) in [7, 11) is 3.98. The molecular weight excluding hydrogens is 317 g/mol. The molecule has 138 valence electrons. The number of likely N-dealkylation sites (N-methyl/N-ethyl adjacent to an activating group) is 1. The lowest BCUT2D eigenvalue weighted by atomic mass is 9.74. The number of nitrogens with one attached hydrogen (secondary N) is 1. The first kappa shape index (κ1) is 19.6. The number of amides is 1. The van der Waals surface area contributed by atoms with Gasteiger partial charge in [0.25, 0.3) is 0 Å². The number of hydrogen-bond donors (Lipinski definition) is 1. The molecule has 0 aromatic heterocycles. The van der Waals surface area contributed by atoms with Crippen LogP contribution in [0, 0.1) is 11.2 Å². The van der Waals surface area contributed by atoms with Crippen molar-refractivity contribution in [2.75, 3.05) is 27.2 Å². The van der Waals surface area contributed by atoms with Gasteiger partial charge in [-0.25, -0.2) is 4.39 Å². The number of aliphatic imine (C=N–C) groups is 1. The maximum Gasteiger partial charge on any atom is 0.228 e. The van der Waals surface area contributed by atoms with Crippen LogP contribution in [0.3, 0.4) is 0 Å². The Balaban J connectivity index is 2.18. The molecule has 0 bridgehead atoms. The van der Waals surface area contributed by atoms with Crippen molar-refractivity contribution in [1.82, 2.24) is 10.2 Å². The van der Waals surface area contributed by atoms with E-state index in [-0.39, 0.29) is 17.8 Å². The fourth-order valence-electron chi connectivity index (χ4n) is 3.64. The van der Waals surface area contributed by atoms with E-state index in [1.54, 1.807) is 6.07 Å². The molecule has 0 unspecified atom stereocenters. The number of carbonyl (C=O) groups is 1. The highest BCUT2D eigenvalue weighted by atomic mass is 19.1. The number of hydrogen-bond acceptors (Lipinski definition) is 3. The molecule has 2 rings (SSSR count). The quantitative estimate of drug-likeness (QED) is 0.784. The maximum absolute atomic E-state index is 13.5. The van der Waals surface area contributed by atoms with Crippen molar-refractivity contribution < 1.29 is 9.18 Å². The summed E-state index contributed by atoms with van der Waals surface area (Å²) in [6, 6.07) is 6.53. The van der Waals surface area contributed by atoms with Crippen molar-refractivity contribution >= 4 is 11.6 Å².